The van der Waals surface area contributed by atoms with Gasteiger partial charge in [-0.2, -0.15) is 0 Å². The molecule has 0 amide bonds. The van der Waals surface area contributed by atoms with Gasteiger partial charge in [-0.25, -0.2) is 0 Å². The summed E-state index contributed by atoms with van der Waals surface area (Å²) in [6.45, 7) is 4.29. The quantitative estimate of drug-likeness (QED) is 0.883. The van der Waals surface area contributed by atoms with E-state index in [0.29, 0.717) is 5.92 Å². The Morgan fingerprint density at radius 3 is 1.94 bits per heavy atom. The summed E-state index contributed by atoms with van der Waals surface area (Å²) in [6.07, 6.45) is 1.06. The Morgan fingerprint density at radius 2 is 1.59 bits per heavy atom. The van der Waals surface area contributed by atoms with E-state index >= 15 is 0 Å². The van der Waals surface area contributed by atoms with Crippen LogP contribution in [0.1, 0.15) is 31.9 Å². The number of hydrogen-bond donors (Lipinski definition) is 1. The third-order valence-electron chi connectivity index (χ3n) is 3.02. The van der Waals surface area contributed by atoms with Crippen molar-refractivity contribution in [2.45, 2.75) is 26.3 Å². The lowest BCUT2D eigenvalue weighted by atomic mass is 9.93. The van der Waals surface area contributed by atoms with Crippen LogP contribution < -0.4 is 15.2 Å². The van der Waals surface area contributed by atoms with Crippen LogP contribution in [0.3, 0.4) is 0 Å². The van der Waals surface area contributed by atoms with Crippen LogP contribution in [0, 0.1) is 5.92 Å². The highest BCUT2D eigenvalue weighted by Gasteiger charge is 2.15. The first-order valence-corrected chi connectivity index (χ1v) is 5.60. The highest BCUT2D eigenvalue weighted by molar-refractivity contribution is 5.85. The average Bonchev–Trinajstić information content (AvgIpc) is 2.35. The van der Waals surface area contributed by atoms with Crippen molar-refractivity contribution in [2.75, 3.05) is 14.2 Å². The van der Waals surface area contributed by atoms with E-state index < -0.39 is 0 Å². The van der Waals surface area contributed by atoms with Crippen LogP contribution in [0.5, 0.6) is 11.5 Å². The van der Waals surface area contributed by atoms with Gasteiger partial charge in [0.2, 0.25) is 0 Å². The first-order valence-electron chi connectivity index (χ1n) is 5.60. The van der Waals surface area contributed by atoms with Gasteiger partial charge in [0.15, 0.2) is 0 Å². The number of rotatable bonds is 5. The van der Waals surface area contributed by atoms with Crippen molar-refractivity contribution in [3.05, 3.63) is 23.8 Å². The van der Waals surface area contributed by atoms with Gasteiger partial charge in [0, 0.05) is 12.1 Å². The molecule has 0 saturated carbocycles. The Balaban J connectivity index is 0.00000256. The summed E-state index contributed by atoms with van der Waals surface area (Å²) in [4.78, 5) is 0. The Bertz CT molecular complexity index is 322. The molecule has 0 radical (unpaired) electrons. The maximum atomic E-state index is 6.19. The SMILES string of the molecule is CCC(C)[C@@H](N)c1cc(OC)cc(OC)c1.Cl. The van der Waals surface area contributed by atoms with Gasteiger partial charge in [-0.15, -0.1) is 12.4 Å². The summed E-state index contributed by atoms with van der Waals surface area (Å²) in [5.74, 6) is 2.01. The van der Waals surface area contributed by atoms with Crippen molar-refractivity contribution >= 4 is 12.4 Å². The van der Waals surface area contributed by atoms with Crippen LogP contribution in [0.2, 0.25) is 0 Å². The summed E-state index contributed by atoms with van der Waals surface area (Å²) in [7, 11) is 3.29. The molecule has 98 valence electrons. The molecule has 0 spiro atoms. The van der Waals surface area contributed by atoms with E-state index in [-0.39, 0.29) is 18.4 Å². The van der Waals surface area contributed by atoms with Gasteiger partial charge in [-0.3, -0.25) is 0 Å². The molecule has 0 bridgehead atoms. The van der Waals surface area contributed by atoms with Gasteiger partial charge >= 0.3 is 0 Å². The van der Waals surface area contributed by atoms with Gasteiger partial charge in [-0.1, -0.05) is 20.3 Å². The number of hydrogen-bond acceptors (Lipinski definition) is 3. The van der Waals surface area contributed by atoms with E-state index in [4.69, 9.17) is 15.2 Å². The minimum absolute atomic E-state index is 0. The minimum Gasteiger partial charge on any atom is -0.497 e. The summed E-state index contributed by atoms with van der Waals surface area (Å²) in [5.41, 5.74) is 7.25. The molecule has 1 aromatic carbocycles. The van der Waals surface area contributed by atoms with Crippen molar-refractivity contribution < 1.29 is 9.47 Å². The number of benzene rings is 1. The third kappa shape index (κ3) is 4.10. The van der Waals surface area contributed by atoms with Crippen molar-refractivity contribution in [3.8, 4) is 11.5 Å². The minimum atomic E-state index is 0. The highest BCUT2D eigenvalue weighted by atomic mass is 35.5. The molecule has 0 aromatic heterocycles. The van der Waals surface area contributed by atoms with E-state index in [1.807, 2.05) is 18.2 Å². The predicted octanol–water partition coefficient (Wildman–Crippen LogP) is 3.17. The Labute approximate surface area is 110 Å². The first-order chi connectivity index (χ1) is 7.62. The van der Waals surface area contributed by atoms with Gasteiger partial charge < -0.3 is 15.2 Å². The fraction of sp³-hybridized carbons (Fsp3) is 0.538. The van der Waals surface area contributed by atoms with Crippen LogP contribution in [0.15, 0.2) is 18.2 Å². The van der Waals surface area contributed by atoms with Gasteiger partial charge in [0.1, 0.15) is 11.5 Å². The van der Waals surface area contributed by atoms with E-state index in [2.05, 4.69) is 13.8 Å². The molecule has 2 N–H and O–H groups in total. The van der Waals surface area contributed by atoms with Crippen molar-refractivity contribution in [1.29, 1.82) is 0 Å². The molecule has 17 heavy (non-hydrogen) atoms. The number of ether oxygens (including phenoxy) is 2. The van der Waals surface area contributed by atoms with Crippen LogP contribution in [0.4, 0.5) is 0 Å². The molecule has 0 aliphatic rings. The summed E-state index contributed by atoms with van der Waals surface area (Å²) in [5, 5.41) is 0. The zero-order valence-electron chi connectivity index (χ0n) is 10.9. The lowest BCUT2D eigenvalue weighted by molar-refractivity contribution is 0.389. The average molecular weight is 260 g/mol. The summed E-state index contributed by atoms with van der Waals surface area (Å²) in [6, 6.07) is 5.82. The van der Waals surface area contributed by atoms with Crippen molar-refractivity contribution in [1.82, 2.24) is 0 Å². The molecule has 1 rings (SSSR count). The van der Waals surface area contributed by atoms with E-state index in [9.17, 15) is 0 Å². The molecule has 1 unspecified atom stereocenters. The van der Waals surface area contributed by atoms with Gasteiger partial charge in [0.05, 0.1) is 14.2 Å². The van der Waals surface area contributed by atoms with Crippen molar-refractivity contribution in [3.63, 3.8) is 0 Å². The van der Waals surface area contributed by atoms with Gasteiger partial charge in [-0.05, 0) is 23.6 Å². The van der Waals surface area contributed by atoms with E-state index in [0.717, 1.165) is 23.5 Å². The van der Waals surface area contributed by atoms with Crippen molar-refractivity contribution in [2.24, 2.45) is 11.7 Å². The molecule has 0 saturated heterocycles. The monoisotopic (exact) mass is 259 g/mol. The maximum absolute atomic E-state index is 6.19. The highest BCUT2D eigenvalue weighted by Crippen LogP contribution is 2.29. The Morgan fingerprint density at radius 1 is 1.12 bits per heavy atom. The van der Waals surface area contributed by atoms with E-state index in [1.54, 1.807) is 14.2 Å². The second-order valence-corrected chi connectivity index (χ2v) is 4.06. The molecule has 3 nitrogen and oxygen atoms in total. The van der Waals surface area contributed by atoms with Crippen LogP contribution >= 0.6 is 12.4 Å². The standard InChI is InChI=1S/C13H21NO2.ClH/c1-5-9(2)13(14)10-6-11(15-3)8-12(7-10)16-4;/h6-9,13H,5,14H2,1-4H3;1H/t9?,13-;/m1./s1. The van der Waals surface area contributed by atoms with E-state index in [1.165, 1.54) is 0 Å². The molecule has 0 fully saturated rings. The number of methoxy groups -OCH3 is 2. The first kappa shape index (κ1) is 16.1. The topological polar surface area (TPSA) is 44.5 Å². The van der Waals surface area contributed by atoms with Crippen LogP contribution in [-0.4, -0.2) is 14.2 Å². The summed E-state index contributed by atoms with van der Waals surface area (Å²) < 4.78 is 10.5. The second kappa shape index (κ2) is 7.41. The molecule has 2 atom stereocenters. The molecule has 0 aliphatic carbocycles. The lowest BCUT2D eigenvalue weighted by Gasteiger charge is -2.20. The zero-order chi connectivity index (χ0) is 12.1. The van der Waals surface area contributed by atoms with Crippen LogP contribution in [0.25, 0.3) is 0 Å². The lowest BCUT2D eigenvalue weighted by Crippen LogP contribution is -2.18. The smallest absolute Gasteiger partial charge is 0.122 e. The Hall–Kier alpha value is -0.930. The fourth-order valence-electron chi connectivity index (χ4n) is 1.60. The maximum Gasteiger partial charge on any atom is 0.122 e. The fourth-order valence-corrected chi connectivity index (χ4v) is 1.60. The Kier molecular flexibility index (Phi) is 7.00. The number of nitrogens with two attached hydrogens (primary N) is 1. The molecular formula is C13H22ClNO2. The molecule has 0 heterocycles. The second-order valence-electron chi connectivity index (χ2n) is 4.06. The normalized spacial score (nSPS) is 13.5. The molecule has 1 aromatic rings. The third-order valence-corrected chi connectivity index (χ3v) is 3.02. The largest absolute Gasteiger partial charge is 0.497 e. The predicted molar refractivity (Wildman–Crippen MR) is 73.2 cm³/mol. The van der Waals surface area contributed by atoms with Gasteiger partial charge in [0.25, 0.3) is 0 Å². The molecule has 4 heteroatoms. The molecular weight excluding hydrogens is 238 g/mol. The molecule has 0 aliphatic heterocycles. The van der Waals surface area contributed by atoms with Crippen LogP contribution in [-0.2, 0) is 0 Å². The number of halogens is 1. The zero-order valence-corrected chi connectivity index (χ0v) is 11.7. The summed E-state index contributed by atoms with van der Waals surface area (Å²) >= 11 is 0.